The van der Waals surface area contributed by atoms with Gasteiger partial charge in [-0.05, 0) is 62.1 Å². The molecule has 1 fully saturated rings. The first-order chi connectivity index (χ1) is 13.0. The van der Waals surface area contributed by atoms with E-state index in [1.807, 2.05) is 0 Å². The summed E-state index contributed by atoms with van der Waals surface area (Å²) < 4.78 is 19.2. The van der Waals surface area contributed by atoms with E-state index in [9.17, 15) is 14.3 Å². The fourth-order valence-electron chi connectivity index (χ4n) is 3.47. The SMILES string of the molecule is C=C(CCCCC)OC[C@H]1CC[C@@H](CNC(=O)c2ccc(O)c(F)c2)CC1. The van der Waals surface area contributed by atoms with Crippen molar-refractivity contribution in [3.63, 3.8) is 0 Å². The number of benzene rings is 1. The molecular weight excluding hydrogens is 345 g/mol. The first-order valence-corrected chi connectivity index (χ1v) is 10.1. The van der Waals surface area contributed by atoms with Crippen molar-refractivity contribution in [3.05, 3.63) is 41.9 Å². The summed E-state index contributed by atoms with van der Waals surface area (Å²) in [4.78, 5) is 12.1. The maximum atomic E-state index is 13.3. The van der Waals surface area contributed by atoms with E-state index in [2.05, 4.69) is 18.8 Å². The molecule has 0 bridgehead atoms. The quantitative estimate of drug-likeness (QED) is 0.436. The standard InChI is InChI=1S/C22H32FNO3/c1-3-4-5-6-16(2)27-15-18-9-7-17(8-10-18)14-24-22(26)19-11-12-21(25)20(23)13-19/h11-13,17-18,25H,2-10,14-15H2,1H3,(H,24,26)/t17-,18+. The first-order valence-electron chi connectivity index (χ1n) is 10.1. The minimum atomic E-state index is -0.778. The fraction of sp³-hybridized carbons (Fsp3) is 0.591. The van der Waals surface area contributed by atoms with Crippen LogP contribution in [0.4, 0.5) is 4.39 Å². The van der Waals surface area contributed by atoms with E-state index >= 15 is 0 Å². The van der Waals surface area contributed by atoms with E-state index in [4.69, 9.17) is 4.74 Å². The van der Waals surface area contributed by atoms with E-state index < -0.39 is 11.6 Å². The second-order valence-electron chi connectivity index (χ2n) is 7.57. The van der Waals surface area contributed by atoms with E-state index in [0.29, 0.717) is 18.4 Å². The number of hydrogen-bond donors (Lipinski definition) is 2. The number of amides is 1. The highest BCUT2D eigenvalue weighted by Gasteiger charge is 2.22. The summed E-state index contributed by atoms with van der Waals surface area (Å²) in [6.45, 7) is 7.53. The molecular formula is C22H32FNO3. The molecule has 150 valence electrons. The van der Waals surface area contributed by atoms with Gasteiger partial charge < -0.3 is 15.2 Å². The molecule has 1 aromatic rings. The Balaban J connectivity index is 1.63. The highest BCUT2D eigenvalue weighted by atomic mass is 19.1. The predicted molar refractivity (Wildman–Crippen MR) is 105 cm³/mol. The number of phenolic OH excluding ortho intramolecular Hbond substituents is 1. The third-order valence-corrected chi connectivity index (χ3v) is 5.31. The highest BCUT2D eigenvalue weighted by Crippen LogP contribution is 2.29. The predicted octanol–water partition coefficient (Wildman–Crippen LogP) is 5.18. The molecule has 0 unspecified atom stereocenters. The van der Waals surface area contributed by atoms with Crippen molar-refractivity contribution in [2.45, 2.75) is 58.3 Å². The molecule has 2 N–H and O–H groups in total. The molecule has 0 heterocycles. The van der Waals surface area contributed by atoms with E-state index in [0.717, 1.165) is 57.0 Å². The summed E-state index contributed by atoms with van der Waals surface area (Å²) in [5, 5.41) is 12.1. The number of hydrogen-bond acceptors (Lipinski definition) is 3. The molecule has 5 heteroatoms. The van der Waals surface area contributed by atoms with Crippen LogP contribution in [-0.4, -0.2) is 24.2 Å². The molecule has 0 atom stereocenters. The minimum Gasteiger partial charge on any atom is -0.505 e. The van der Waals surface area contributed by atoms with Gasteiger partial charge in [-0.25, -0.2) is 4.39 Å². The molecule has 0 saturated heterocycles. The number of ether oxygens (including phenoxy) is 1. The lowest BCUT2D eigenvalue weighted by atomic mass is 9.82. The van der Waals surface area contributed by atoms with Crippen LogP contribution in [-0.2, 0) is 4.74 Å². The number of phenols is 1. The van der Waals surface area contributed by atoms with Crippen LogP contribution in [0.5, 0.6) is 5.75 Å². The van der Waals surface area contributed by atoms with Crippen LogP contribution in [0.1, 0.15) is 68.6 Å². The molecule has 1 aromatic carbocycles. The van der Waals surface area contributed by atoms with Gasteiger partial charge in [-0.2, -0.15) is 0 Å². The van der Waals surface area contributed by atoms with Crippen molar-refractivity contribution in [2.75, 3.05) is 13.2 Å². The molecule has 1 aliphatic carbocycles. The van der Waals surface area contributed by atoms with Crippen LogP contribution < -0.4 is 5.32 Å². The highest BCUT2D eigenvalue weighted by molar-refractivity contribution is 5.94. The molecule has 0 aromatic heterocycles. The number of aromatic hydroxyl groups is 1. The van der Waals surface area contributed by atoms with Gasteiger partial charge in [-0.15, -0.1) is 0 Å². The maximum Gasteiger partial charge on any atom is 0.251 e. The fourth-order valence-corrected chi connectivity index (χ4v) is 3.47. The van der Waals surface area contributed by atoms with Gasteiger partial charge in [0, 0.05) is 18.5 Å². The largest absolute Gasteiger partial charge is 0.505 e. The number of nitrogens with one attached hydrogen (secondary N) is 1. The van der Waals surface area contributed by atoms with E-state index in [-0.39, 0.29) is 11.5 Å². The Morgan fingerprint density at radius 1 is 1.26 bits per heavy atom. The average Bonchev–Trinajstić information content (AvgIpc) is 2.67. The Kier molecular flexibility index (Phi) is 8.62. The van der Waals surface area contributed by atoms with Crippen molar-refractivity contribution in [2.24, 2.45) is 11.8 Å². The summed E-state index contributed by atoms with van der Waals surface area (Å²) in [6, 6.07) is 3.69. The van der Waals surface area contributed by atoms with Crippen LogP contribution in [0.15, 0.2) is 30.5 Å². The van der Waals surface area contributed by atoms with Crippen molar-refractivity contribution in [1.29, 1.82) is 0 Å². The van der Waals surface area contributed by atoms with Crippen LogP contribution in [0, 0.1) is 17.7 Å². The van der Waals surface area contributed by atoms with Crippen molar-refractivity contribution < 1.29 is 19.0 Å². The van der Waals surface area contributed by atoms with E-state index in [1.165, 1.54) is 25.0 Å². The molecule has 0 spiro atoms. The molecule has 2 rings (SSSR count). The van der Waals surface area contributed by atoms with E-state index in [1.54, 1.807) is 0 Å². The Morgan fingerprint density at radius 3 is 2.63 bits per heavy atom. The number of allylic oxidation sites excluding steroid dienone is 1. The average molecular weight is 378 g/mol. The summed E-state index contributed by atoms with van der Waals surface area (Å²) in [6.07, 6.45) is 8.82. The number of rotatable bonds is 10. The number of halogens is 1. The van der Waals surface area contributed by atoms with Gasteiger partial charge in [0.15, 0.2) is 11.6 Å². The second kappa shape index (κ2) is 11.0. The zero-order valence-corrected chi connectivity index (χ0v) is 16.3. The molecule has 0 aliphatic heterocycles. The number of carbonyl (C=O) groups is 1. The zero-order valence-electron chi connectivity index (χ0n) is 16.3. The van der Waals surface area contributed by atoms with Crippen molar-refractivity contribution in [3.8, 4) is 5.75 Å². The Hall–Kier alpha value is -2.04. The molecule has 1 aliphatic rings. The first kappa shape index (κ1) is 21.3. The van der Waals surface area contributed by atoms with Crippen LogP contribution >= 0.6 is 0 Å². The van der Waals surface area contributed by atoms with Gasteiger partial charge in [0.2, 0.25) is 0 Å². The molecule has 4 nitrogen and oxygen atoms in total. The second-order valence-corrected chi connectivity index (χ2v) is 7.57. The third kappa shape index (κ3) is 7.24. The normalized spacial score (nSPS) is 19.5. The van der Waals surface area contributed by atoms with Gasteiger partial charge >= 0.3 is 0 Å². The van der Waals surface area contributed by atoms with Crippen LogP contribution in [0.25, 0.3) is 0 Å². The summed E-state index contributed by atoms with van der Waals surface area (Å²) in [7, 11) is 0. The lowest BCUT2D eigenvalue weighted by molar-refractivity contribution is 0.0929. The number of unbranched alkanes of at least 4 members (excludes halogenated alkanes) is 2. The van der Waals surface area contributed by atoms with Gasteiger partial charge in [0.1, 0.15) is 0 Å². The summed E-state index contributed by atoms with van der Waals surface area (Å²) in [5.41, 5.74) is 0.231. The molecule has 1 saturated carbocycles. The lowest BCUT2D eigenvalue weighted by Crippen LogP contribution is -2.31. The Morgan fingerprint density at radius 2 is 1.96 bits per heavy atom. The molecule has 0 radical (unpaired) electrons. The lowest BCUT2D eigenvalue weighted by Gasteiger charge is -2.28. The van der Waals surface area contributed by atoms with Crippen LogP contribution in [0.3, 0.4) is 0 Å². The Labute approximate surface area is 161 Å². The molecule has 1 amide bonds. The van der Waals surface area contributed by atoms with Crippen molar-refractivity contribution >= 4 is 5.91 Å². The molecule has 27 heavy (non-hydrogen) atoms. The summed E-state index contributed by atoms with van der Waals surface area (Å²) in [5.74, 6) is 0.382. The van der Waals surface area contributed by atoms with Crippen molar-refractivity contribution in [1.82, 2.24) is 5.32 Å². The van der Waals surface area contributed by atoms with Gasteiger partial charge in [0.25, 0.3) is 5.91 Å². The van der Waals surface area contributed by atoms with Gasteiger partial charge in [-0.3, -0.25) is 4.79 Å². The van der Waals surface area contributed by atoms with Crippen LogP contribution in [0.2, 0.25) is 0 Å². The third-order valence-electron chi connectivity index (χ3n) is 5.31. The smallest absolute Gasteiger partial charge is 0.251 e. The zero-order chi connectivity index (χ0) is 19.6. The Bertz CT molecular complexity index is 624. The minimum absolute atomic E-state index is 0.231. The summed E-state index contributed by atoms with van der Waals surface area (Å²) >= 11 is 0. The monoisotopic (exact) mass is 377 g/mol. The number of carbonyl (C=O) groups excluding carboxylic acids is 1. The maximum absolute atomic E-state index is 13.3. The topological polar surface area (TPSA) is 58.6 Å². The van der Waals surface area contributed by atoms with Gasteiger partial charge in [0.05, 0.1) is 12.4 Å². The van der Waals surface area contributed by atoms with Gasteiger partial charge in [-0.1, -0.05) is 26.3 Å².